The molecular weight excluding hydrogens is 254 g/mol. The molecule has 0 radical (unpaired) electrons. The van der Waals surface area contributed by atoms with E-state index in [1.54, 1.807) is 0 Å². The van der Waals surface area contributed by atoms with Crippen LogP contribution in [0, 0.1) is 0 Å². The summed E-state index contributed by atoms with van der Waals surface area (Å²) >= 11 is 2.09. The molecule has 1 fully saturated rings. The van der Waals surface area contributed by atoms with Gasteiger partial charge in [0.25, 0.3) is 0 Å². The first kappa shape index (κ1) is 14.9. The van der Waals surface area contributed by atoms with Crippen molar-refractivity contribution in [2.45, 2.75) is 51.1 Å². The van der Waals surface area contributed by atoms with Crippen LogP contribution in [0.1, 0.15) is 37.8 Å². The molecular formula is C16H25NOS. The van der Waals surface area contributed by atoms with Crippen molar-refractivity contribution in [3.05, 3.63) is 35.4 Å². The number of thioether (sulfide) groups is 1. The summed E-state index contributed by atoms with van der Waals surface area (Å²) in [5, 5.41) is 4.46. The molecule has 0 aliphatic carbocycles. The Labute approximate surface area is 121 Å². The first-order valence-electron chi connectivity index (χ1n) is 7.30. The predicted octanol–water partition coefficient (Wildman–Crippen LogP) is 3.60. The Morgan fingerprint density at radius 3 is 2.84 bits per heavy atom. The normalized spacial score (nSPS) is 23.5. The van der Waals surface area contributed by atoms with Crippen LogP contribution in [0.25, 0.3) is 0 Å². The minimum atomic E-state index is 0.652. The third kappa shape index (κ3) is 4.51. The summed E-state index contributed by atoms with van der Waals surface area (Å²) < 4.78 is 5.54. The summed E-state index contributed by atoms with van der Waals surface area (Å²) in [5.41, 5.74) is 2.69. The van der Waals surface area contributed by atoms with Crippen LogP contribution in [-0.2, 0) is 17.9 Å². The van der Waals surface area contributed by atoms with Gasteiger partial charge in [-0.05, 0) is 36.6 Å². The number of hydrogen-bond donors (Lipinski definition) is 1. The van der Waals surface area contributed by atoms with Crippen molar-refractivity contribution < 1.29 is 4.74 Å². The second kappa shape index (κ2) is 7.93. The maximum atomic E-state index is 5.54. The van der Waals surface area contributed by atoms with Crippen LogP contribution in [0.15, 0.2) is 24.3 Å². The Kier molecular flexibility index (Phi) is 6.21. The highest BCUT2D eigenvalue weighted by Gasteiger charge is 2.21. The van der Waals surface area contributed by atoms with Crippen LogP contribution in [-0.4, -0.2) is 23.7 Å². The van der Waals surface area contributed by atoms with E-state index in [0.717, 1.165) is 25.0 Å². The number of ether oxygens (including phenoxy) is 1. The van der Waals surface area contributed by atoms with Crippen LogP contribution < -0.4 is 5.32 Å². The Balaban J connectivity index is 1.91. The zero-order chi connectivity index (χ0) is 13.5. The molecule has 0 spiro atoms. The highest BCUT2D eigenvalue weighted by Crippen LogP contribution is 2.25. The van der Waals surface area contributed by atoms with Crippen LogP contribution in [0.2, 0.25) is 0 Å². The molecule has 2 nitrogen and oxygen atoms in total. The summed E-state index contributed by atoms with van der Waals surface area (Å²) in [7, 11) is 0. The van der Waals surface area contributed by atoms with Crippen LogP contribution in [0.5, 0.6) is 0 Å². The molecule has 0 saturated carbocycles. The van der Waals surface area contributed by atoms with Crippen LogP contribution in [0.3, 0.4) is 0 Å². The van der Waals surface area contributed by atoms with Crippen LogP contribution >= 0.6 is 11.8 Å². The van der Waals surface area contributed by atoms with Crippen molar-refractivity contribution in [1.29, 1.82) is 0 Å². The molecule has 1 N–H and O–H groups in total. The minimum absolute atomic E-state index is 0.652. The number of nitrogens with one attached hydrogen (secondary N) is 1. The lowest BCUT2D eigenvalue weighted by molar-refractivity contribution is 0.133. The molecule has 1 saturated heterocycles. The maximum absolute atomic E-state index is 5.54. The molecule has 1 heterocycles. The second-order valence-corrected chi connectivity index (χ2v) is 6.60. The van der Waals surface area contributed by atoms with E-state index >= 15 is 0 Å². The fraction of sp³-hybridized carbons (Fsp3) is 0.625. The molecule has 2 rings (SSSR count). The third-order valence-electron chi connectivity index (χ3n) is 3.74. The van der Waals surface area contributed by atoms with Gasteiger partial charge in [0, 0.05) is 24.4 Å². The van der Waals surface area contributed by atoms with Gasteiger partial charge in [0.05, 0.1) is 6.61 Å². The molecule has 2 unspecified atom stereocenters. The number of hydrogen-bond acceptors (Lipinski definition) is 3. The van der Waals surface area contributed by atoms with E-state index in [0.29, 0.717) is 6.04 Å². The molecule has 1 aliphatic heterocycles. The topological polar surface area (TPSA) is 21.3 Å². The summed E-state index contributed by atoms with van der Waals surface area (Å²) in [6.45, 7) is 6.84. The molecule has 0 bridgehead atoms. The summed E-state index contributed by atoms with van der Waals surface area (Å²) in [6.07, 6.45) is 2.65. The highest BCUT2D eigenvalue weighted by atomic mass is 32.2. The largest absolute Gasteiger partial charge is 0.377 e. The molecule has 0 amide bonds. The molecule has 1 aliphatic rings. The quantitative estimate of drug-likeness (QED) is 0.860. The average Bonchev–Trinajstić information content (AvgIpc) is 2.45. The van der Waals surface area contributed by atoms with Crippen molar-refractivity contribution in [2.75, 3.05) is 12.4 Å². The van der Waals surface area contributed by atoms with Gasteiger partial charge in [-0.15, -0.1) is 0 Å². The third-order valence-corrected chi connectivity index (χ3v) is 5.12. The van der Waals surface area contributed by atoms with Gasteiger partial charge in [-0.1, -0.05) is 31.2 Å². The Bertz CT molecular complexity index is 383. The van der Waals surface area contributed by atoms with E-state index in [1.165, 1.54) is 29.7 Å². The summed E-state index contributed by atoms with van der Waals surface area (Å²) in [5.74, 6) is 1.32. The van der Waals surface area contributed by atoms with E-state index in [1.807, 2.05) is 6.92 Å². The van der Waals surface area contributed by atoms with Gasteiger partial charge < -0.3 is 10.1 Å². The number of rotatable bonds is 6. The summed E-state index contributed by atoms with van der Waals surface area (Å²) in [4.78, 5) is 0. The van der Waals surface area contributed by atoms with Gasteiger partial charge >= 0.3 is 0 Å². The first-order valence-corrected chi connectivity index (χ1v) is 8.35. The van der Waals surface area contributed by atoms with E-state index < -0.39 is 0 Å². The zero-order valence-electron chi connectivity index (χ0n) is 12.0. The van der Waals surface area contributed by atoms with Crippen molar-refractivity contribution in [3.63, 3.8) is 0 Å². The molecule has 3 heteroatoms. The number of benzene rings is 1. The average molecular weight is 279 g/mol. The first-order chi connectivity index (χ1) is 9.31. The van der Waals surface area contributed by atoms with Gasteiger partial charge in [0.1, 0.15) is 0 Å². The van der Waals surface area contributed by atoms with E-state index in [4.69, 9.17) is 4.74 Å². The minimum Gasteiger partial charge on any atom is -0.377 e. The molecule has 106 valence electrons. The van der Waals surface area contributed by atoms with Gasteiger partial charge in [0.2, 0.25) is 0 Å². The SMILES string of the molecule is CCOCc1ccccc1CNC1CCCSC1C. The lowest BCUT2D eigenvalue weighted by atomic mass is 10.1. The Hall–Kier alpha value is -0.510. The van der Waals surface area contributed by atoms with Crippen molar-refractivity contribution in [1.82, 2.24) is 5.32 Å². The molecule has 1 aromatic rings. The molecule has 1 aromatic carbocycles. The second-order valence-electron chi connectivity index (χ2n) is 5.11. The van der Waals surface area contributed by atoms with Crippen LogP contribution in [0.4, 0.5) is 0 Å². The highest BCUT2D eigenvalue weighted by molar-refractivity contribution is 7.99. The zero-order valence-corrected chi connectivity index (χ0v) is 12.8. The Morgan fingerprint density at radius 2 is 2.11 bits per heavy atom. The van der Waals surface area contributed by atoms with E-state index in [-0.39, 0.29) is 0 Å². The predicted molar refractivity (Wildman–Crippen MR) is 83.6 cm³/mol. The van der Waals surface area contributed by atoms with Gasteiger partial charge in [-0.2, -0.15) is 11.8 Å². The van der Waals surface area contributed by atoms with E-state index in [9.17, 15) is 0 Å². The van der Waals surface area contributed by atoms with Gasteiger partial charge in [-0.3, -0.25) is 0 Å². The molecule has 2 atom stereocenters. The fourth-order valence-electron chi connectivity index (χ4n) is 2.52. The smallest absolute Gasteiger partial charge is 0.0719 e. The molecule has 0 aromatic heterocycles. The lowest BCUT2D eigenvalue weighted by Crippen LogP contribution is -2.38. The van der Waals surface area contributed by atoms with Gasteiger partial charge in [0.15, 0.2) is 0 Å². The lowest BCUT2D eigenvalue weighted by Gasteiger charge is -2.29. The standard InChI is InChI=1S/C16H25NOS/c1-3-18-12-15-8-5-4-7-14(15)11-17-16-9-6-10-19-13(16)2/h4-5,7-8,13,16-17H,3,6,9-12H2,1-2H3. The maximum Gasteiger partial charge on any atom is 0.0719 e. The van der Waals surface area contributed by atoms with Crippen molar-refractivity contribution >= 4 is 11.8 Å². The van der Waals surface area contributed by atoms with E-state index in [2.05, 4.69) is 48.3 Å². The fourth-order valence-corrected chi connectivity index (χ4v) is 3.68. The monoisotopic (exact) mass is 279 g/mol. The molecule has 19 heavy (non-hydrogen) atoms. The Morgan fingerprint density at radius 1 is 1.32 bits per heavy atom. The van der Waals surface area contributed by atoms with Gasteiger partial charge in [-0.25, -0.2) is 0 Å². The summed E-state index contributed by atoms with van der Waals surface area (Å²) in [6, 6.07) is 9.25. The van der Waals surface area contributed by atoms with Crippen molar-refractivity contribution in [2.24, 2.45) is 0 Å². The van der Waals surface area contributed by atoms with Crippen molar-refractivity contribution in [3.8, 4) is 0 Å².